The minimum atomic E-state index is -0.823. The highest BCUT2D eigenvalue weighted by atomic mass is 32.2. The fraction of sp³-hybridized carbons (Fsp3) is 0.500. The van der Waals surface area contributed by atoms with E-state index in [-0.39, 0.29) is 17.6 Å². The molecule has 1 atom stereocenters. The molecule has 1 unspecified atom stereocenters. The van der Waals surface area contributed by atoms with E-state index in [0.29, 0.717) is 13.0 Å². The second-order valence-corrected chi connectivity index (χ2v) is 6.30. The van der Waals surface area contributed by atoms with Crippen molar-refractivity contribution in [2.45, 2.75) is 24.5 Å². The van der Waals surface area contributed by atoms with E-state index < -0.39 is 5.97 Å². The van der Waals surface area contributed by atoms with Crippen LogP contribution in [0, 0.1) is 0 Å². The number of fused-ring (bicyclic) bond motifs is 1. The lowest BCUT2D eigenvalue weighted by molar-refractivity contribution is -0.137. The summed E-state index contributed by atoms with van der Waals surface area (Å²) in [6.07, 6.45) is 1.62. The summed E-state index contributed by atoms with van der Waals surface area (Å²) < 4.78 is 0. The Balaban J connectivity index is 1.85. The normalized spacial score (nSPS) is 18.1. The predicted molar refractivity (Wildman–Crippen MR) is 73.1 cm³/mol. The molecule has 0 bridgehead atoms. The molecule has 0 fully saturated rings. The zero-order valence-electron chi connectivity index (χ0n) is 9.85. The van der Waals surface area contributed by atoms with Gasteiger partial charge >= 0.3 is 5.97 Å². The molecule has 1 amide bonds. The van der Waals surface area contributed by atoms with Gasteiger partial charge in [-0.05, 0) is 35.6 Å². The number of rotatable bonds is 5. The maximum Gasteiger partial charge on any atom is 0.303 e. The summed E-state index contributed by atoms with van der Waals surface area (Å²) in [7, 11) is 0. The van der Waals surface area contributed by atoms with Crippen LogP contribution in [-0.2, 0) is 16.0 Å². The largest absolute Gasteiger partial charge is 0.481 e. The van der Waals surface area contributed by atoms with Crippen molar-refractivity contribution in [2.24, 2.45) is 0 Å². The van der Waals surface area contributed by atoms with E-state index in [9.17, 15) is 9.59 Å². The van der Waals surface area contributed by atoms with Gasteiger partial charge in [0.2, 0.25) is 5.91 Å². The van der Waals surface area contributed by atoms with Gasteiger partial charge in [-0.25, -0.2) is 0 Å². The van der Waals surface area contributed by atoms with Crippen molar-refractivity contribution in [3.05, 3.63) is 21.9 Å². The van der Waals surface area contributed by atoms with Crippen molar-refractivity contribution in [1.82, 2.24) is 5.32 Å². The van der Waals surface area contributed by atoms with Gasteiger partial charge in [-0.1, -0.05) is 0 Å². The molecule has 98 valence electrons. The molecular formula is C12H15NO3S2. The topological polar surface area (TPSA) is 66.4 Å². The molecule has 0 saturated heterocycles. The molecule has 4 nitrogen and oxygen atoms in total. The van der Waals surface area contributed by atoms with Crippen molar-refractivity contribution >= 4 is 35.0 Å². The van der Waals surface area contributed by atoms with Gasteiger partial charge in [0.25, 0.3) is 0 Å². The number of aryl methyl sites for hydroxylation is 1. The Kier molecular flexibility index (Phi) is 4.66. The average Bonchev–Trinajstić information content (AvgIpc) is 2.82. The third kappa shape index (κ3) is 3.26. The van der Waals surface area contributed by atoms with E-state index in [1.165, 1.54) is 4.88 Å². The Labute approximate surface area is 114 Å². The Morgan fingerprint density at radius 1 is 1.50 bits per heavy atom. The molecule has 0 radical (unpaired) electrons. The number of hydrogen-bond acceptors (Lipinski definition) is 4. The van der Waals surface area contributed by atoms with E-state index in [1.54, 1.807) is 23.1 Å². The van der Waals surface area contributed by atoms with Gasteiger partial charge in [0.05, 0.1) is 0 Å². The van der Waals surface area contributed by atoms with Crippen LogP contribution in [0.15, 0.2) is 11.4 Å². The first-order chi connectivity index (χ1) is 8.68. The Hall–Kier alpha value is -1.01. The number of nitrogens with one attached hydrogen (secondary N) is 1. The molecule has 2 N–H and O–H groups in total. The number of carbonyl (C=O) groups excluding carboxylic acids is 1. The molecule has 2 heterocycles. The molecular weight excluding hydrogens is 270 g/mol. The fourth-order valence-electron chi connectivity index (χ4n) is 1.91. The Morgan fingerprint density at radius 3 is 3.11 bits per heavy atom. The first-order valence-electron chi connectivity index (χ1n) is 5.86. The molecule has 1 aromatic rings. The van der Waals surface area contributed by atoms with Crippen LogP contribution in [0.25, 0.3) is 0 Å². The smallest absolute Gasteiger partial charge is 0.303 e. The van der Waals surface area contributed by atoms with Crippen molar-refractivity contribution in [3.8, 4) is 0 Å². The van der Waals surface area contributed by atoms with Gasteiger partial charge in [-0.2, -0.15) is 0 Å². The number of aliphatic carboxylic acids is 1. The minimum absolute atomic E-state index is 0.00439. The summed E-state index contributed by atoms with van der Waals surface area (Å²) in [6.45, 7) is 0.432. The highest BCUT2D eigenvalue weighted by molar-refractivity contribution is 8.00. The van der Waals surface area contributed by atoms with Crippen molar-refractivity contribution < 1.29 is 14.7 Å². The van der Waals surface area contributed by atoms with Crippen LogP contribution in [0.1, 0.15) is 28.5 Å². The monoisotopic (exact) mass is 285 g/mol. The maximum absolute atomic E-state index is 12.0. The quantitative estimate of drug-likeness (QED) is 0.813. The average molecular weight is 285 g/mol. The standard InChI is InChI=1S/C12H15NO3S2/c14-10(15)2-1-5-13-12(16)11-8-3-6-17-9(8)4-7-18-11/h3,6,11H,1-2,4-5,7H2,(H,13,16)(H,14,15). The van der Waals surface area contributed by atoms with Crippen LogP contribution in [0.3, 0.4) is 0 Å². The third-order valence-electron chi connectivity index (χ3n) is 2.78. The predicted octanol–water partition coefficient (Wildman–Crippen LogP) is 2.06. The van der Waals surface area contributed by atoms with Gasteiger partial charge in [-0.3, -0.25) is 9.59 Å². The first kappa shape index (κ1) is 13.4. The zero-order valence-corrected chi connectivity index (χ0v) is 11.5. The maximum atomic E-state index is 12.0. The molecule has 1 aliphatic heterocycles. The minimum Gasteiger partial charge on any atom is -0.481 e. The van der Waals surface area contributed by atoms with Crippen LogP contribution in [0.4, 0.5) is 0 Å². The Morgan fingerprint density at radius 2 is 2.33 bits per heavy atom. The molecule has 0 aromatic carbocycles. The highest BCUT2D eigenvalue weighted by Crippen LogP contribution is 2.39. The fourth-order valence-corrected chi connectivity index (χ4v) is 4.22. The number of hydrogen-bond donors (Lipinski definition) is 2. The number of carbonyl (C=O) groups is 2. The lowest BCUT2D eigenvalue weighted by Gasteiger charge is -2.21. The van der Waals surface area contributed by atoms with Crippen LogP contribution in [0.5, 0.6) is 0 Å². The number of thioether (sulfide) groups is 1. The summed E-state index contributed by atoms with van der Waals surface area (Å²) in [5.41, 5.74) is 1.13. The second kappa shape index (κ2) is 6.24. The molecule has 0 saturated carbocycles. The van der Waals surface area contributed by atoms with Crippen LogP contribution < -0.4 is 5.32 Å². The summed E-state index contributed by atoms with van der Waals surface area (Å²) in [5.74, 6) is 0.155. The zero-order chi connectivity index (χ0) is 13.0. The molecule has 1 aromatic heterocycles. The van der Waals surface area contributed by atoms with E-state index >= 15 is 0 Å². The number of carboxylic acid groups (broad SMARTS) is 1. The van der Waals surface area contributed by atoms with E-state index in [0.717, 1.165) is 17.7 Å². The van der Waals surface area contributed by atoms with E-state index in [2.05, 4.69) is 5.32 Å². The SMILES string of the molecule is O=C(O)CCCNC(=O)C1SCCc2sccc21. The number of amides is 1. The Bertz CT molecular complexity index is 444. The molecule has 6 heteroatoms. The summed E-state index contributed by atoms with van der Waals surface area (Å²) in [6, 6.07) is 2.02. The van der Waals surface area contributed by atoms with Gasteiger partial charge in [0.1, 0.15) is 5.25 Å². The van der Waals surface area contributed by atoms with E-state index in [4.69, 9.17) is 5.11 Å². The summed E-state index contributed by atoms with van der Waals surface area (Å²) in [5, 5.41) is 13.2. The number of thiophene rings is 1. The first-order valence-corrected chi connectivity index (χ1v) is 7.78. The molecule has 0 aliphatic carbocycles. The van der Waals surface area contributed by atoms with Crippen LogP contribution >= 0.6 is 23.1 Å². The number of carboxylic acids is 1. The summed E-state index contributed by atoms with van der Waals surface area (Å²) >= 11 is 3.37. The van der Waals surface area contributed by atoms with Gasteiger partial charge in [-0.15, -0.1) is 23.1 Å². The van der Waals surface area contributed by atoms with Crippen LogP contribution in [-0.4, -0.2) is 29.3 Å². The van der Waals surface area contributed by atoms with Crippen molar-refractivity contribution in [1.29, 1.82) is 0 Å². The molecule has 18 heavy (non-hydrogen) atoms. The van der Waals surface area contributed by atoms with Crippen molar-refractivity contribution in [2.75, 3.05) is 12.3 Å². The third-order valence-corrected chi connectivity index (χ3v) is 5.02. The lowest BCUT2D eigenvalue weighted by Crippen LogP contribution is -2.30. The second-order valence-electron chi connectivity index (χ2n) is 4.09. The molecule has 1 aliphatic rings. The highest BCUT2D eigenvalue weighted by Gasteiger charge is 2.27. The van der Waals surface area contributed by atoms with E-state index in [1.807, 2.05) is 11.4 Å². The van der Waals surface area contributed by atoms with Crippen LogP contribution in [0.2, 0.25) is 0 Å². The van der Waals surface area contributed by atoms with Crippen molar-refractivity contribution in [3.63, 3.8) is 0 Å². The molecule has 2 rings (SSSR count). The van der Waals surface area contributed by atoms with Gasteiger partial charge in [0.15, 0.2) is 0 Å². The van der Waals surface area contributed by atoms with Gasteiger partial charge in [0, 0.05) is 17.8 Å². The molecule has 0 spiro atoms. The van der Waals surface area contributed by atoms with Gasteiger partial charge < -0.3 is 10.4 Å². The summed E-state index contributed by atoms with van der Waals surface area (Å²) in [4.78, 5) is 23.7. The lowest BCUT2D eigenvalue weighted by atomic mass is 10.1.